The lowest BCUT2D eigenvalue weighted by atomic mass is 9.96. The molecule has 7 rings (SSSR count). The predicted octanol–water partition coefficient (Wildman–Crippen LogP) is 10.5. The normalized spacial score (nSPS) is 11.4. The average molecular weight is 544 g/mol. The number of fused-ring (bicyclic) bond motifs is 2. The highest BCUT2D eigenvalue weighted by Gasteiger charge is 2.09. The highest BCUT2D eigenvalue weighted by atomic mass is 32.1. The molecule has 0 spiro atoms. The monoisotopic (exact) mass is 543 g/mol. The molecule has 0 saturated heterocycles. The Morgan fingerprint density at radius 1 is 0.400 bits per heavy atom. The van der Waals surface area contributed by atoms with Crippen molar-refractivity contribution in [1.29, 1.82) is 0 Å². The first-order valence-corrected chi connectivity index (χ1v) is 13.6. The molecule has 0 radical (unpaired) electrons. The Labute approximate surface area is 232 Å². The lowest BCUT2D eigenvalue weighted by Crippen LogP contribution is -1.85. The summed E-state index contributed by atoms with van der Waals surface area (Å²) in [4.78, 5) is 4.65. The summed E-state index contributed by atoms with van der Waals surface area (Å²) in [6.07, 6.45) is 0. The van der Waals surface area contributed by atoms with Gasteiger partial charge >= 0.3 is 0 Å². The SMILES string of the molecule is Fc1cc(F)cc(-c2ccc(-c3ccc4cc(-c5ccc(-c6nc7ccc(F)cc7s6)cc5)ccc4c3)cc2)c1. The van der Waals surface area contributed by atoms with Crippen molar-refractivity contribution in [3.8, 4) is 44.0 Å². The second-order valence-electron chi connectivity index (χ2n) is 9.72. The number of hydrogen-bond acceptors (Lipinski definition) is 2. The van der Waals surface area contributed by atoms with E-state index in [2.05, 4.69) is 65.6 Å². The number of benzene rings is 6. The van der Waals surface area contributed by atoms with Gasteiger partial charge in [-0.3, -0.25) is 0 Å². The van der Waals surface area contributed by atoms with Gasteiger partial charge in [0, 0.05) is 11.6 Å². The fourth-order valence-electron chi connectivity index (χ4n) is 5.01. The van der Waals surface area contributed by atoms with E-state index in [0.29, 0.717) is 5.56 Å². The number of aromatic nitrogens is 1. The van der Waals surface area contributed by atoms with Gasteiger partial charge in [-0.25, -0.2) is 18.2 Å². The molecule has 192 valence electrons. The maximum atomic E-state index is 13.6. The lowest BCUT2D eigenvalue weighted by molar-refractivity contribution is 0.584. The molecular weight excluding hydrogens is 523 g/mol. The highest BCUT2D eigenvalue weighted by Crippen LogP contribution is 2.34. The largest absolute Gasteiger partial charge is 0.236 e. The molecule has 0 unspecified atom stereocenters. The van der Waals surface area contributed by atoms with Crippen LogP contribution in [0.15, 0.2) is 121 Å². The van der Waals surface area contributed by atoms with Gasteiger partial charge in [0.2, 0.25) is 0 Å². The van der Waals surface area contributed by atoms with E-state index in [9.17, 15) is 13.2 Å². The van der Waals surface area contributed by atoms with Crippen LogP contribution in [0.5, 0.6) is 0 Å². The van der Waals surface area contributed by atoms with Gasteiger partial charge in [-0.1, -0.05) is 72.8 Å². The number of hydrogen-bond donors (Lipinski definition) is 0. The first-order valence-electron chi connectivity index (χ1n) is 12.8. The van der Waals surface area contributed by atoms with Gasteiger partial charge in [0.15, 0.2) is 0 Å². The van der Waals surface area contributed by atoms with Crippen molar-refractivity contribution >= 4 is 32.3 Å². The third kappa shape index (κ3) is 4.65. The van der Waals surface area contributed by atoms with Crippen LogP contribution in [0.25, 0.3) is 64.9 Å². The van der Waals surface area contributed by atoms with E-state index < -0.39 is 11.6 Å². The van der Waals surface area contributed by atoms with E-state index in [-0.39, 0.29) is 5.82 Å². The molecule has 0 atom stereocenters. The Kier molecular flexibility index (Phi) is 5.94. The Balaban J connectivity index is 1.14. The molecule has 0 aliphatic carbocycles. The van der Waals surface area contributed by atoms with Crippen molar-refractivity contribution in [2.24, 2.45) is 0 Å². The van der Waals surface area contributed by atoms with Gasteiger partial charge in [-0.05, 0) is 86.6 Å². The molecule has 0 aliphatic heterocycles. The van der Waals surface area contributed by atoms with Crippen molar-refractivity contribution in [3.63, 3.8) is 0 Å². The van der Waals surface area contributed by atoms with Gasteiger partial charge < -0.3 is 0 Å². The van der Waals surface area contributed by atoms with Crippen LogP contribution in [-0.4, -0.2) is 4.98 Å². The fourth-order valence-corrected chi connectivity index (χ4v) is 6.00. The molecule has 7 aromatic rings. The smallest absolute Gasteiger partial charge is 0.126 e. The van der Waals surface area contributed by atoms with Crippen LogP contribution in [0, 0.1) is 17.5 Å². The maximum absolute atomic E-state index is 13.6. The topological polar surface area (TPSA) is 12.9 Å². The fraction of sp³-hybridized carbons (Fsp3) is 0. The summed E-state index contributed by atoms with van der Waals surface area (Å²) in [6, 6.07) is 37.0. The lowest BCUT2D eigenvalue weighted by Gasteiger charge is -2.09. The molecule has 0 saturated carbocycles. The summed E-state index contributed by atoms with van der Waals surface area (Å²) in [6.45, 7) is 0. The Hall–Kier alpha value is -4.74. The second-order valence-corrected chi connectivity index (χ2v) is 10.8. The minimum absolute atomic E-state index is 0.252. The summed E-state index contributed by atoms with van der Waals surface area (Å²) in [5, 5.41) is 3.12. The van der Waals surface area contributed by atoms with E-state index in [1.54, 1.807) is 6.07 Å². The van der Waals surface area contributed by atoms with Crippen molar-refractivity contribution in [1.82, 2.24) is 4.98 Å². The second kappa shape index (κ2) is 9.78. The number of rotatable bonds is 4. The van der Waals surface area contributed by atoms with Gasteiger partial charge in [-0.15, -0.1) is 11.3 Å². The molecule has 0 fully saturated rings. The molecule has 0 amide bonds. The summed E-state index contributed by atoms with van der Waals surface area (Å²) >= 11 is 1.49. The van der Waals surface area contributed by atoms with Crippen LogP contribution < -0.4 is 0 Å². The van der Waals surface area contributed by atoms with Gasteiger partial charge in [0.25, 0.3) is 0 Å². The third-order valence-corrected chi connectivity index (χ3v) is 8.14. The molecule has 0 bridgehead atoms. The quantitative estimate of drug-likeness (QED) is 0.215. The Morgan fingerprint density at radius 2 is 0.900 bits per heavy atom. The van der Waals surface area contributed by atoms with Crippen molar-refractivity contribution < 1.29 is 13.2 Å². The zero-order chi connectivity index (χ0) is 27.2. The number of nitrogens with zero attached hydrogens (tertiary/aromatic N) is 1. The summed E-state index contributed by atoms with van der Waals surface area (Å²) in [5.41, 5.74) is 7.39. The molecule has 1 nitrogen and oxygen atoms in total. The zero-order valence-corrected chi connectivity index (χ0v) is 21.9. The number of thiazole rings is 1. The molecular formula is C35H20F3NS. The van der Waals surface area contributed by atoms with Crippen LogP contribution >= 0.6 is 11.3 Å². The Morgan fingerprint density at radius 3 is 1.48 bits per heavy atom. The minimum atomic E-state index is -0.588. The van der Waals surface area contributed by atoms with Gasteiger partial charge in [-0.2, -0.15) is 0 Å². The van der Waals surface area contributed by atoms with Crippen LogP contribution in [0.4, 0.5) is 13.2 Å². The first kappa shape index (κ1) is 24.3. The summed E-state index contributed by atoms with van der Waals surface area (Å²) in [7, 11) is 0. The van der Waals surface area contributed by atoms with Crippen LogP contribution in [0.3, 0.4) is 0 Å². The van der Waals surface area contributed by atoms with Crippen molar-refractivity contribution in [2.45, 2.75) is 0 Å². The molecule has 0 N–H and O–H groups in total. The van der Waals surface area contributed by atoms with Crippen molar-refractivity contribution in [3.05, 3.63) is 139 Å². The first-order chi connectivity index (χ1) is 19.5. The average Bonchev–Trinajstić information content (AvgIpc) is 3.40. The highest BCUT2D eigenvalue weighted by molar-refractivity contribution is 7.21. The van der Waals surface area contributed by atoms with Crippen LogP contribution in [-0.2, 0) is 0 Å². The minimum Gasteiger partial charge on any atom is -0.236 e. The van der Waals surface area contributed by atoms with E-state index in [1.165, 1.54) is 35.6 Å². The van der Waals surface area contributed by atoms with E-state index in [4.69, 9.17) is 0 Å². The summed E-state index contributed by atoms with van der Waals surface area (Å²) in [5.74, 6) is -1.43. The molecule has 5 heteroatoms. The van der Waals surface area contributed by atoms with Gasteiger partial charge in [0.05, 0.1) is 10.2 Å². The molecule has 1 heterocycles. The molecule has 40 heavy (non-hydrogen) atoms. The Bertz CT molecular complexity index is 2010. The van der Waals surface area contributed by atoms with Crippen LogP contribution in [0.1, 0.15) is 0 Å². The van der Waals surface area contributed by atoms with Crippen LogP contribution in [0.2, 0.25) is 0 Å². The van der Waals surface area contributed by atoms with Crippen molar-refractivity contribution in [2.75, 3.05) is 0 Å². The van der Waals surface area contributed by atoms with E-state index in [1.807, 2.05) is 24.3 Å². The zero-order valence-electron chi connectivity index (χ0n) is 21.0. The third-order valence-electron chi connectivity index (χ3n) is 7.07. The van der Waals surface area contributed by atoms with E-state index >= 15 is 0 Å². The summed E-state index contributed by atoms with van der Waals surface area (Å²) < 4.78 is 41.7. The molecule has 6 aromatic carbocycles. The predicted molar refractivity (Wildman–Crippen MR) is 159 cm³/mol. The maximum Gasteiger partial charge on any atom is 0.126 e. The van der Waals surface area contributed by atoms with Gasteiger partial charge in [0.1, 0.15) is 22.5 Å². The molecule has 0 aliphatic rings. The molecule has 1 aromatic heterocycles. The standard InChI is InChI=1S/C35H20F3NS/c36-30-13-14-33-34(20-30)40-35(39-33)24-7-5-22(6-8-24)26-10-12-27-15-25(9-11-28(27)16-26)21-1-3-23(4-2-21)29-17-31(37)19-32(38)18-29/h1-20H. The van der Waals surface area contributed by atoms with E-state index in [0.717, 1.165) is 65.4 Å². The number of halogens is 3.